The van der Waals surface area contributed by atoms with E-state index in [1.807, 2.05) is 26.0 Å². The Balaban J connectivity index is 1.29. The van der Waals surface area contributed by atoms with Gasteiger partial charge in [0.25, 0.3) is 5.91 Å². The van der Waals surface area contributed by atoms with Gasteiger partial charge in [0.15, 0.2) is 28.8 Å². The van der Waals surface area contributed by atoms with E-state index < -0.39 is 11.4 Å². The molecule has 3 N–H and O–H groups in total. The molecular weight excluding hydrogens is 467 g/mol. The van der Waals surface area contributed by atoms with Crippen molar-refractivity contribution < 1.29 is 18.7 Å². The van der Waals surface area contributed by atoms with Crippen LogP contribution >= 0.6 is 0 Å². The van der Waals surface area contributed by atoms with Crippen molar-refractivity contribution in [3.8, 4) is 5.75 Å². The predicted molar refractivity (Wildman–Crippen MR) is 133 cm³/mol. The Hall–Kier alpha value is -4.06. The first-order valence-electron chi connectivity index (χ1n) is 11.6. The van der Waals surface area contributed by atoms with Crippen molar-refractivity contribution in [2.45, 2.75) is 45.5 Å². The quantitative estimate of drug-likeness (QED) is 0.484. The molecule has 1 amide bonds. The summed E-state index contributed by atoms with van der Waals surface area (Å²) in [7, 11) is 0. The fourth-order valence-electron chi connectivity index (χ4n) is 4.04. The van der Waals surface area contributed by atoms with Gasteiger partial charge in [-0.3, -0.25) is 4.79 Å². The van der Waals surface area contributed by atoms with Gasteiger partial charge < -0.3 is 30.3 Å². The van der Waals surface area contributed by atoms with Crippen LogP contribution in [-0.2, 0) is 9.53 Å². The highest BCUT2D eigenvalue weighted by molar-refractivity contribution is 5.99. The van der Waals surface area contributed by atoms with Crippen LogP contribution in [0.1, 0.15) is 27.7 Å². The van der Waals surface area contributed by atoms with Crippen molar-refractivity contribution in [3.63, 3.8) is 0 Å². The number of ether oxygens (including phenoxy) is 2. The van der Waals surface area contributed by atoms with E-state index in [1.54, 1.807) is 32.2 Å². The van der Waals surface area contributed by atoms with E-state index in [1.165, 1.54) is 0 Å². The predicted octanol–water partition coefficient (Wildman–Crippen LogP) is 3.62. The molecule has 5 heterocycles. The van der Waals surface area contributed by atoms with Gasteiger partial charge in [0, 0.05) is 13.1 Å². The van der Waals surface area contributed by atoms with Crippen LogP contribution in [0.4, 0.5) is 39.3 Å². The fourth-order valence-corrected chi connectivity index (χ4v) is 4.04. The number of pyridine rings is 2. The van der Waals surface area contributed by atoms with Gasteiger partial charge in [0.2, 0.25) is 5.95 Å². The highest BCUT2D eigenvalue weighted by Crippen LogP contribution is 2.33. The van der Waals surface area contributed by atoms with Gasteiger partial charge in [0.1, 0.15) is 11.6 Å². The zero-order valence-electron chi connectivity index (χ0n) is 20.4. The molecule has 2 aliphatic heterocycles. The lowest BCUT2D eigenvalue weighted by molar-refractivity contribution is -0.129. The maximum Gasteiger partial charge on any atom is 0.269 e. The van der Waals surface area contributed by atoms with Gasteiger partial charge in [-0.1, -0.05) is 0 Å². The summed E-state index contributed by atoms with van der Waals surface area (Å²) >= 11 is 0. The summed E-state index contributed by atoms with van der Waals surface area (Å²) in [5, 5.41) is 8.56. The summed E-state index contributed by atoms with van der Waals surface area (Å²) in [6.07, 6.45) is 3.00. The van der Waals surface area contributed by atoms with Crippen LogP contribution in [0.3, 0.4) is 0 Å². The van der Waals surface area contributed by atoms with Crippen LogP contribution in [0.2, 0.25) is 0 Å². The highest BCUT2D eigenvalue weighted by Gasteiger charge is 2.36. The molecule has 2 aliphatic rings. The molecule has 2 atom stereocenters. The number of amides is 1. The lowest BCUT2D eigenvalue weighted by atomic mass is 10.1. The van der Waals surface area contributed by atoms with Gasteiger partial charge in [-0.05, 0) is 52.0 Å². The van der Waals surface area contributed by atoms with Crippen LogP contribution < -0.4 is 25.6 Å². The van der Waals surface area contributed by atoms with Crippen LogP contribution in [0.5, 0.6) is 5.75 Å². The Morgan fingerprint density at radius 2 is 1.83 bits per heavy atom. The minimum Gasteiger partial charge on any atom is -0.474 e. The summed E-state index contributed by atoms with van der Waals surface area (Å²) in [6.45, 7) is 8.94. The van der Waals surface area contributed by atoms with E-state index >= 15 is 0 Å². The summed E-state index contributed by atoms with van der Waals surface area (Å²) in [5.41, 5.74) is -0.352. The van der Waals surface area contributed by atoms with Gasteiger partial charge >= 0.3 is 0 Å². The Bertz CT molecular complexity index is 1280. The zero-order chi connectivity index (χ0) is 25.4. The van der Waals surface area contributed by atoms with Gasteiger partial charge in [0.05, 0.1) is 30.3 Å². The third-order valence-electron chi connectivity index (χ3n) is 5.74. The minimum absolute atomic E-state index is 0.0794. The van der Waals surface area contributed by atoms with Crippen LogP contribution in [-0.4, -0.2) is 56.7 Å². The molecule has 0 bridgehead atoms. The monoisotopic (exact) mass is 494 g/mol. The summed E-state index contributed by atoms with van der Waals surface area (Å²) in [4.78, 5) is 31.4. The number of anilines is 6. The van der Waals surface area contributed by atoms with Crippen LogP contribution in [0, 0.1) is 5.82 Å². The molecule has 3 aromatic heterocycles. The minimum atomic E-state index is -1.00. The lowest BCUT2D eigenvalue weighted by Crippen LogP contribution is -2.46. The third kappa shape index (κ3) is 4.98. The molecule has 0 aliphatic carbocycles. The fraction of sp³-hybridized carbons (Fsp3) is 0.375. The van der Waals surface area contributed by atoms with Crippen molar-refractivity contribution in [1.29, 1.82) is 0 Å². The summed E-state index contributed by atoms with van der Waals surface area (Å²) < 4.78 is 25.9. The standard InChI is InChI=1S/C24H27FN8O3/c1-13-11-33(12-14(2)35-13)19-8-5-15(9-26-19)28-23-27-10-16(25)20(32-23)29-18-7-6-17-21(30-18)31-22(34)24(3,4)36-17/h5-10,13-14H,11-12H2,1-4H3,(H3,27,28,29,30,31,32,34). The Labute approximate surface area is 207 Å². The number of carbonyl (C=O) groups excluding carboxylic acids is 1. The number of fused-ring (bicyclic) bond motifs is 1. The van der Waals surface area contributed by atoms with Gasteiger partial charge in [-0.15, -0.1) is 0 Å². The molecule has 1 fully saturated rings. The first-order valence-corrected chi connectivity index (χ1v) is 11.6. The highest BCUT2D eigenvalue weighted by atomic mass is 19.1. The van der Waals surface area contributed by atoms with Crippen molar-refractivity contribution in [3.05, 3.63) is 42.5 Å². The second-order valence-electron chi connectivity index (χ2n) is 9.32. The number of hydrogen-bond acceptors (Lipinski definition) is 10. The molecule has 0 aromatic carbocycles. The number of rotatable bonds is 5. The van der Waals surface area contributed by atoms with Crippen molar-refractivity contribution in [1.82, 2.24) is 19.9 Å². The molecular formula is C24H27FN8O3. The molecule has 36 heavy (non-hydrogen) atoms. The first kappa shape index (κ1) is 23.7. The SMILES string of the molecule is CC1CN(c2ccc(Nc3ncc(F)c(Nc4ccc5c(n4)NC(=O)C(C)(C)O5)n3)cn2)CC(C)O1. The first-order chi connectivity index (χ1) is 17.2. The number of morpholine rings is 1. The van der Waals surface area contributed by atoms with Crippen molar-refractivity contribution in [2.24, 2.45) is 0 Å². The van der Waals surface area contributed by atoms with E-state index in [0.717, 1.165) is 25.1 Å². The largest absolute Gasteiger partial charge is 0.474 e. The Kier molecular flexibility index (Phi) is 6.04. The molecule has 3 aromatic rings. The van der Waals surface area contributed by atoms with Crippen LogP contribution in [0.25, 0.3) is 0 Å². The van der Waals surface area contributed by atoms with Crippen molar-refractivity contribution >= 4 is 40.8 Å². The van der Waals surface area contributed by atoms with Crippen LogP contribution in [0.15, 0.2) is 36.7 Å². The number of halogens is 1. The van der Waals surface area contributed by atoms with Gasteiger partial charge in [-0.2, -0.15) is 4.98 Å². The lowest BCUT2D eigenvalue weighted by Gasteiger charge is -2.36. The van der Waals surface area contributed by atoms with E-state index in [9.17, 15) is 9.18 Å². The number of nitrogens with one attached hydrogen (secondary N) is 3. The third-order valence-corrected chi connectivity index (χ3v) is 5.74. The number of aromatic nitrogens is 4. The Morgan fingerprint density at radius 1 is 1.06 bits per heavy atom. The van der Waals surface area contributed by atoms with E-state index in [4.69, 9.17) is 9.47 Å². The zero-order valence-corrected chi connectivity index (χ0v) is 20.4. The average Bonchev–Trinajstić information content (AvgIpc) is 2.82. The summed E-state index contributed by atoms with van der Waals surface area (Å²) in [5.74, 6) is 0.911. The number of carbonyl (C=O) groups is 1. The van der Waals surface area contributed by atoms with Gasteiger partial charge in [-0.25, -0.2) is 19.3 Å². The molecule has 0 spiro atoms. The molecule has 1 saturated heterocycles. The smallest absolute Gasteiger partial charge is 0.269 e. The van der Waals surface area contributed by atoms with E-state index in [-0.39, 0.29) is 41.5 Å². The average molecular weight is 495 g/mol. The maximum atomic E-state index is 14.5. The molecule has 188 valence electrons. The number of hydrogen-bond donors (Lipinski definition) is 3. The molecule has 0 saturated carbocycles. The molecule has 5 rings (SSSR count). The molecule has 2 unspecified atom stereocenters. The van der Waals surface area contributed by atoms with E-state index in [2.05, 4.69) is 40.8 Å². The van der Waals surface area contributed by atoms with E-state index in [0.29, 0.717) is 11.4 Å². The molecule has 11 nitrogen and oxygen atoms in total. The normalized spacial score (nSPS) is 20.7. The maximum absolute atomic E-state index is 14.5. The summed E-state index contributed by atoms with van der Waals surface area (Å²) in [6, 6.07) is 7.02. The number of nitrogens with zero attached hydrogens (tertiary/aromatic N) is 5. The molecule has 0 radical (unpaired) electrons. The Morgan fingerprint density at radius 3 is 2.56 bits per heavy atom. The second kappa shape index (κ2) is 9.19. The molecule has 12 heteroatoms. The second-order valence-corrected chi connectivity index (χ2v) is 9.32. The van der Waals surface area contributed by atoms with Crippen molar-refractivity contribution in [2.75, 3.05) is 33.9 Å². The topological polar surface area (TPSA) is 126 Å².